The molecule has 6 heteroatoms. The summed E-state index contributed by atoms with van der Waals surface area (Å²) in [7, 11) is 2.15. The standard InChI is InChI=1S/C15H26N4O2/c1-11(2)13(19-7-5-18(4)6-8-19)10-16-15(20)14-9-12(3)17-21-14/h9,11,13H,5-8,10H2,1-4H3,(H,16,20)/t13-/m1/s1. The largest absolute Gasteiger partial charge is 0.351 e. The smallest absolute Gasteiger partial charge is 0.289 e. The van der Waals surface area contributed by atoms with Gasteiger partial charge in [-0.25, -0.2) is 0 Å². The van der Waals surface area contributed by atoms with Crippen LogP contribution in [0.5, 0.6) is 0 Å². The number of aromatic nitrogens is 1. The van der Waals surface area contributed by atoms with Crippen LogP contribution in [0.2, 0.25) is 0 Å². The molecule has 1 amide bonds. The van der Waals surface area contributed by atoms with E-state index in [0.717, 1.165) is 31.9 Å². The summed E-state index contributed by atoms with van der Waals surface area (Å²) in [6.07, 6.45) is 0. The third kappa shape index (κ3) is 4.28. The molecule has 0 aliphatic carbocycles. The van der Waals surface area contributed by atoms with E-state index < -0.39 is 0 Å². The van der Waals surface area contributed by atoms with Crippen molar-refractivity contribution >= 4 is 5.91 Å². The number of carbonyl (C=O) groups excluding carboxylic acids is 1. The molecule has 2 rings (SSSR count). The van der Waals surface area contributed by atoms with Gasteiger partial charge in [-0.2, -0.15) is 0 Å². The number of aryl methyl sites for hydroxylation is 1. The number of nitrogens with zero attached hydrogens (tertiary/aromatic N) is 3. The summed E-state index contributed by atoms with van der Waals surface area (Å²) in [5.74, 6) is 0.592. The molecule has 0 spiro atoms. The molecule has 1 aliphatic heterocycles. The fourth-order valence-corrected chi connectivity index (χ4v) is 2.69. The minimum atomic E-state index is -0.185. The summed E-state index contributed by atoms with van der Waals surface area (Å²) in [6.45, 7) is 11.1. The van der Waals surface area contributed by atoms with Crippen molar-refractivity contribution in [1.29, 1.82) is 0 Å². The van der Waals surface area contributed by atoms with Crippen molar-refractivity contribution < 1.29 is 9.32 Å². The predicted octanol–water partition coefficient (Wildman–Crippen LogP) is 0.985. The molecule has 1 N–H and O–H groups in total. The first-order valence-electron chi connectivity index (χ1n) is 7.61. The minimum absolute atomic E-state index is 0.185. The molecule has 1 atom stereocenters. The van der Waals surface area contributed by atoms with Crippen molar-refractivity contribution in [3.8, 4) is 0 Å². The highest BCUT2D eigenvalue weighted by molar-refractivity contribution is 5.91. The lowest BCUT2D eigenvalue weighted by molar-refractivity contribution is 0.0772. The van der Waals surface area contributed by atoms with Crippen molar-refractivity contribution in [1.82, 2.24) is 20.3 Å². The van der Waals surface area contributed by atoms with E-state index in [2.05, 4.69) is 41.2 Å². The summed E-state index contributed by atoms with van der Waals surface area (Å²) in [6, 6.07) is 2.02. The Morgan fingerprint density at radius 1 is 1.38 bits per heavy atom. The molecule has 1 aromatic heterocycles. The van der Waals surface area contributed by atoms with Gasteiger partial charge in [0, 0.05) is 44.8 Å². The Kier molecular flexibility index (Phi) is 5.36. The molecule has 0 radical (unpaired) electrons. The average Bonchev–Trinajstić information content (AvgIpc) is 2.87. The monoisotopic (exact) mass is 294 g/mol. The van der Waals surface area contributed by atoms with Crippen LogP contribution in [-0.2, 0) is 0 Å². The number of hydrogen-bond acceptors (Lipinski definition) is 5. The molecule has 0 bridgehead atoms. The van der Waals surface area contributed by atoms with Gasteiger partial charge in [-0.1, -0.05) is 19.0 Å². The SMILES string of the molecule is Cc1cc(C(=O)NC[C@H](C(C)C)N2CCN(C)CC2)on1. The average molecular weight is 294 g/mol. The minimum Gasteiger partial charge on any atom is -0.351 e. The van der Waals surface area contributed by atoms with E-state index in [-0.39, 0.29) is 11.7 Å². The van der Waals surface area contributed by atoms with Gasteiger partial charge < -0.3 is 14.7 Å². The number of rotatable bonds is 5. The number of carbonyl (C=O) groups is 1. The fraction of sp³-hybridized carbons (Fsp3) is 0.733. The predicted molar refractivity (Wildman–Crippen MR) is 81.3 cm³/mol. The third-order valence-corrected chi connectivity index (χ3v) is 4.10. The van der Waals surface area contributed by atoms with Gasteiger partial charge >= 0.3 is 0 Å². The highest BCUT2D eigenvalue weighted by atomic mass is 16.5. The molecule has 1 aliphatic rings. The highest BCUT2D eigenvalue weighted by Crippen LogP contribution is 2.13. The molecule has 0 aromatic carbocycles. The number of amides is 1. The van der Waals surface area contributed by atoms with Gasteiger partial charge in [0.05, 0.1) is 5.69 Å². The lowest BCUT2D eigenvalue weighted by Crippen LogP contribution is -2.54. The molecule has 1 aromatic rings. The lowest BCUT2D eigenvalue weighted by Gasteiger charge is -2.39. The number of piperazine rings is 1. The van der Waals surface area contributed by atoms with Crippen LogP contribution in [0.15, 0.2) is 10.6 Å². The van der Waals surface area contributed by atoms with Gasteiger partial charge in [0.2, 0.25) is 5.76 Å². The van der Waals surface area contributed by atoms with Crippen molar-refractivity contribution in [3.63, 3.8) is 0 Å². The van der Waals surface area contributed by atoms with Gasteiger partial charge in [0.15, 0.2) is 0 Å². The Morgan fingerprint density at radius 3 is 2.57 bits per heavy atom. The molecule has 1 fully saturated rings. The second-order valence-electron chi connectivity index (χ2n) is 6.19. The lowest BCUT2D eigenvalue weighted by atomic mass is 10.0. The zero-order valence-corrected chi connectivity index (χ0v) is 13.4. The van der Waals surface area contributed by atoms with Crippen LogP contribution in [0.4, 0.5) is 0 Å². The van der Waals surface area contributed by atoms with Crippen LogP contribution in [0.1, 0.15) is 30.1 Å². The van der Waals surface area contributed by atoms with Gasteiger partial charge in [-0.15, -0.1) is 0 Å². The van der Waals surface area contributed by atoms with E-state index in [9.17, 15) is 4.79 Å². The van der Waals surface area contributed by atoms with E-state index in [1.54, 1.807) is 13.0 Å². The molecule has 1 saturated heterocycles. The number of nitrogens with one attached hydrogen (secondary N) is 1. The van der Waals surface area contributed by atoms with E-state index in [1.165, 1.54) is 0 Å². The molecular formula is C15H26N4O2. The molecule has 21 heavy (non-hydrogen) atoms. The Labute approximate surface area is 126 Å². The number of likely N-dealkylation sites (N-methyl/N-ethyl adjacent to an activating group) is 1. The van der Waals surface area contributed by atoms with Crippen LogP contribution >= 0.6 is 0 Å². The molecule has 0 unspecified atom stereocenters. The molecule has 2 heterocycles. The van der Waals surface area contributed by atoms with Crippen LogP contribution < -0.4 is 5.32 Å². The van der Waals surface area contributed by atoms with Crippen LogP contribution in [-0.4, -0.2) is 66.7 Å². The first-order chi connectivity index (χ1) is 9.97. The Morgan fingerprint density at radius 2 is 2.05 bits per heavy atom. The van der Waals surface area contributed by atoms with E-state index in [4.69, 9.17) is 4.52 Å². The highest BCUT2D eigenvalue weighted by Gasteiger charge is 2.25. The van der Waals surface area contributed by atoms with Crippen molar-refractivity contribution in [2.75, 3.05) is 39.8 Å². The van der Waals surface area contributed by atoms with Crippen molar-refractivity contribution in [2.24, 2.45) is 5.92 Å². The van der Waals surface area contributed by atoms with Crippen molar-refractivity contribution in [3.05, 3.63) is 17.5 Å². The second kappa shape index (κ2) is 7.04. The summed E-state index contributed by atoms with van der Waals surface area (Å²) in [4.78, 5) is 16.9. The number of hydrogen-bond donors (Lipinski definition) is 1. The van der Waals surface area contributed by atoms with E-state index in [0.29, 0.717) is 18.5 Å². The van der Waals surface area contributed by atoms with Gasteiger partial charge in [-0.3, -0.25) is 9.69 Å². The molecule has 118 valence electrons. The van der Waals surface area contributed by atoms with Gasteiger partial charge in [-0.05, 0) is 19.9 Å². The maximum absolute atomic E-state index is 12.0. The quantitative estimate of drug-likeness (QED) is 0.877. The Hall–Kier alpha value is -1.40. The molecule has 6 nitrogen and oxygen atoms in total. The second-order valence-corrected chi connectivity index (χ2v) is 6.19. The van der Waals surface area contributed by atoms with Crippen molar-refractivity contribution in [2.45, 2.75) is 26.8 Å². The Balaban J connectivity index is 1.89. The third-order valence-electron chi connectivity index (χ3n) is 4.10. The summed E-state index contributed by atoms with van der Waals surface area (Å²) in [5.41, 5.74) is 0.722. The first kappa shape index (κ1) is 16.0. The molecular weight excluding hydrogens is 268 g/mol. The first-order valence-corrected chi connectivity index (χ1v) is 7.61. The maximum atomic E-state index is 12.0. The van der Waals surface area contributed by atoms with Gasteiger partial charge in [0.25, 0.3) is 5.91 Å². The molecule has 0 saturated carbocycles. The van der Waals surface area contributed by atoms with Gasteiger partial charge in [0.1, 0.15) is 0 Å². The van der Waals surface area contributed by atoms with E-state index in [1.807, 2.05) is 0 Å². The fourth-order valence-electron chi connectivity index (χ4n) is 2.69. The zero-order valence-electron chi connectivity index (χ0n) is 13.4. The van der Waals surface area contributed by atoms with Crippen LogP contribution in [0, 0.1) is 12.8 Å². The summed E-state index contributed by atoms with van der Waals surface area (Å²) >= 11 is 0. The normalized spacial score (nSPS) is 18.9. The topological polar surface area (TPSA) is 61.6 Å². The van der Waals surface area contributed by atoms with E-state index >= 15 is 0 Å². The van der Waals surface area contributed by atoms with Crippen LogP contribution in [0.3, 0.4) is 0 Å². The summed E-state index contributed by atoms with van der Waals surface area (Å²) < 4.78 is 5.00. The maximum Gasteiger partial charge on any atom is 0.289 e. The zero-order chi connectivity index (χ0) is 15.4. The summed E-state index contributed by atoms with van der Waals surface area (Å²) in [5, 5.41) is 6.72. The van der Waals surface area contributed by atoms with Crippen LogP contribution in [0.25, 0.3) is 0 Å². The Bertz CT molecular complexity index is 464.